The van der Waals surface area contributed by atoms with Crippen LogP contribution in [0.15, 0.2) is 12.1 Å². The summed E-state index contributed by atoms with van der Waals surface area (Å²) in [6.45, 7) is 7.07. The van der Waals surface area contributed by atoms with Gasteiger partial charge in [0, 0.05) is 12.6 Å². The lowest BCUT2D eigenvalue weighted by Gasteiger charge is -2.33. The van der Waals surface area contributed by atoms with Gasteiger partial charge in [-0.1, -0.05) is 13.8 Å². The minimum Gasteiger partial charge on any atom is -0.366 e. The molecule has 0 spiro atoms. The molecule has 0 saturated heterocycles. The second-order valence-electron chi connectivity index (χ2n) is 5.81. The topological polar surface area (TPSA) is 66.9 Å². The summed E-state index contributed by atoms with van der Waals surface area (Å²) in [4.78, 5) is 11.6. The highest BCUT2D eigenvalue weighted by atomic mass is 16.1. The van der Waals surface area contributed by atoms with E-state index in [0.29, 0.717) is 24.2 Å². The van der Waals surface area contributed by atoms with Gasteiger partial charge >= 0.3 is 0 Å². The van der Waals surface area contributed by atoms with Crippen molar-refractivity contribution in [3.63, 3.8) is 0 Å². The minimum atomic E-state index is -0.175. The second-order valence-corrected chi connectivity index (χ2v) is 5.81. The van der Waals surface area contributed by atoms with Crippen LogP contribution < -0.4 is 10.6 Å². The fourth-order valence-corrected chi connectivity index (χ4v) is 2.85. The Morgan fingerprint density at radius 3 is 2.70 bits per heavy atom. The lowest BCUT2D eigenvalue weighted by Crippen LogP contribution is -2.33. The summed E-state index contributed by atoms with van der Waals surface area (Å²) >= 11 is 0. The van der Waals surface area contributed by atoms with Crippen LogP contribution in [0.25, 0.3) is 0 Å². The van der Waals surface area contributed by atoms with E-state index < -0.39 is 0 Å². The van der Waals surface area contributed by atoms with Crippen molar-refractivity contribution in [2.24, 2.45) is 11.8 Å². The molecule has 3 atom stereocenters. The van der Waals surface area contributed by atoms with Crippen LogP contribution in [-0.2, 0) is 0 Å². The number of nitrogens with zero attached hydrogens (tertiary/aromatic N) is 2. The molecule has 0 radical (unpaired) electrons. The first kappa shape index (κ1) is 14.8. The van der Waals surface area contributed by atoms with Crippen LogP contribution in [0.4, 0.5) is 5.82 Å². The van der Waals surface area contributed by atoms with Crippen molar-refractivity contribution >= 4 is 11.7 Å². The predicted octanol–water partition coefficient (Wildman–Crippen LogP) is 2.46. The molecule has 1 aromatic rings. The molecule has 1 aliphatic rings. The van der Waals surface area contributed by atoms with Crippen LogP contribution in [0.2, 0.25) is 0 Å². The maximum absolute atomic E-state index is 11.6. The van der Waals surface area contributed by atoms with Crippen LogP contribution in [0.3, 0.4) is 0 Å². The van der Waals surface area contributed by atoms with Gasteiger partial charge in [-0.05, 0) is 50.2 Å². The Hall–Kier alpha value is -1.65. The molecule has 1 amide bonds. The Labute approximate surface area is 120 Å². The van der Waals surface area contributed by atoms with Crippen LogP contribution in [0.1, 0.15) is 50.5 Å². The minimum absolute atomic E-state index is 0.175. The van der Waals surface area contributed by atoms with E-state index in [-0.39, 0.29) is 5.91 Å². The predicted molar refractivity (Wildman–Crippen MR) is 79.6 cm³/mol. The first-order chi connectivity index (χ1) is 9.60. The smallest absolute Gasteiger partial charge is 0.271 e. The number of rotatable bonds is 4. The number of hydrogen-bond acceptors (Lipinski definition) is 4. The lowest BCUT2D eigenvalue weighted by molar-refractivity contribution is 0.0950. The molecule has 20 heavy (non-hydrogen) atoms. The van der Waals surface area contributed by atoms with Gasteiger partial charge < -0.3 is 10.6 Å². The summed E-state index contributed by atoms with van der Waals surface area (Å²) in [5, 5.41) is 14.2. The Morgan fingerprint density at radius 2 is 2.10 bits per heavy atom. The highest BCUT2D eigenvalue weighted by molar-refractivity contribution is 5.92. The molecule has 0 bridgehead atoms. The fourth-order valence-electron chi connectivity index (χ4n) is 2.85. The first-order valence-electron chi connectivity index (χ1n) is 7.48. The Bertz CT molecular complexity index is 446. The third kappa shape index (κ3) is 3.68. The fraction of sp³-hybridized carbons (Fsp3) is 0.667. The van der Waals surface area contributed by atoms with Gasteiger partial charge in [-0.2, -0.15) is 0 Å². The average molecular weight is 276 g/mol. The van der Waals surface area contributed by atoms with Crippen molar-refractivity contribution in [3.05, 3.63) is 17.8 Å². The van der Waals surface area contributed by atoms with Gasteiger partial charge in [0.05, 0.1) is 0 Å². The van der Waals surface area contributed by atoms with Crippen LogP contribution in [-0.4, -0.2) is 28.7 Å². The summed E-state index contributed by atoms with van der Waals surface area (Å²) in [5.74, 6) is 2.04. The van der Waals surface area contributed by atoms with Gasteiger partial charge in [0.1, 0.15) is 5.82 Å². The lowest BCUT2D eigenvalue weighted by atomic mass is 9.80. The van der Waals surface area contributed by atoms with E-state index in [4.69, 9.17) is 0 Å². The van der Waals surface area contributed by atoms with Gasteiger partial charge in [-0.3, -0.25) is 4.79 Å². The molecule has 1 fully saturated rings. The molecule has 1 saturated carbocycles. The van der Waals surface area contributed by atoms with E-state index in [1.54, 1.807) is 6.07 Å². The standard InChI is InChI=1S/C15H24N4O/c1-4-16-15(20)13-7-8-14(19-18-13)17-12-6-5-10(2)9-11(12)3/h7-8,10-12H,4-6,9H2,1-3H3,(H,16,20)(H,17,19). The molecule has 2 N–H and O–H groups in total. The molecule has 3 unspecified atom stereocenters. The third-order valence-electron chi connectivity index (χ3n) is 4.00. The molecule has 2 rings (SSSR count). The van der Waals surface area contributed by atoms with E-state index in [9.17, 15) is 4.79 Å². The van der Waals surface area contributed by atoms with Crippen molar-refractivity contribution in [2.75, 3.05) is 11.9 Å². The molecule has 0 aromatic carbocycles. The number of anilines is 1. The van der Waals surface area contributed by atoms with E-state index in [2.05, 4.69) is 34.7 Å². The molecule has 0 aliphatic heterocycles. The van der Waals surface area contributed by atoms with Crippen LogP contribution >= 0.6 is 0 Å². The van der Waals surface area contributed by atoms with Crippen LogP contribution in [0, 0.1) is 11.8 Å². The normalized spacial score (nSPS) is 26.1. The Balaban J connectivity index is 1.95. The number of hydrogen-bond donors (Lipinski definition) is 2. The van der Waals surface area contributed by atoms with E-state index in [0.717, 1.165) is 11.7 Å². The largest absolute Gasteiger partial charge is 0.366 e. The number of amides is 1. The zero-order valence-corrected chi connectivity index (χ0v) is 12.5. The van der Waals surface area contributed by atoms with E-state index >= 15 is 0 Å². The maximum atomic E-state index is 11.6. The molecule has 1 heterocycles. The van der Waals surface area contributed by atoms with Gasteiger partial charge in [0.15, 0.2) is 5.69 Å². The van der Waals surface area contributed by atoms with Crippen molar-refractivity contribution in [3.8, 4) is 0 Å². The monoisotopic (exact) mass is 276 g/mol. The number of carbonyl (C=O) groups excluding carboxylic acids is 1. The molecular weight excluding hydrogens is 252 g/mol. The van der Waals surface area contributed by atoms with E-state index in [1.807, 2.05) is 13.0 Å². The van der Waals surface area contributed by atoms with Crippen LogP contribution in [0.5, 0.6) is 0 Å². The van der Waals surface area contributed by atoms with Gasteiger partial charge in [-0.25, -0.2) is 0 Å². The van der Waals surface area contributed by atoms with Gasteiger partial charge in [-0.15, -0.1) is 10.2 Å². The van der Waals surface area contributed by atoms with E-state index in [1.165, 1.54) is 19.3 Å². The zero-order chi connectivity index (χ0) is 14.5. The molecule has 1 aromatic heterocycles. The quantitative estimate of drug-likeness (QED) is 0.886. The first-order valence-corrected chi connectivity index (χ1v) is 7.48. The van der Waals surface area contributed by atoms with Gasteiger partial charge in [0.2, 0.25) is 0 Å². The number of nitrogens with one attached hydrogen (secondary N) is 2. The molecule has 5 nitrogen and oxygen atoms in total. The summed E-state index contributed by atoms with van der Waals surface area (Å²) in [7, 11) is 0. The highest BCUT2D eigenvalue weighted by Gasteiger charge is 2.25. The molecule has 5 heteroatoms. The summed E-state index contributed by atoms with van der Waals surface area (Å²) in [6.07, 6.45) is 3.68. The average Bonchev–Trinajstić information content (AvgIpc) is 2.43. The Morgan fingerprint density at radius 1 is 1.30 bits per heavy atom. The number of carbonyl (C=O) groups is 1. The molecular formula is C15H24N4O. The molecule has 1 aliphatic carbocycles. The molecule has 110 valence electrons. The maximum Gasteiger partial charge on any atom is 0.271 e. The summed E-state index contributed by atoms with van der Waals surface area (Å²) in [5.41, 5.74) is 0.364. The highest BCUT2D eigenvalue weighted by Crippen LogP contribution is 2.30. The van der Waals surface area contributed by atoms with Crippen molar-refractivity contribution in [1.82, 2.24) is 15.5 Å². The van der Waals surface area contributed by atoms with Crippen molar-refractivity contribution in [1.29, 1.82) is 0 Å². The zero-order valence-electron chi connectivity index (χ0n) is 12.5. The van der Waals surface area contributed by atoms with Gasteiger partial charge in [0.25, 0.3) is 5.91 Å². The third-order valence-corrected chi connectivity index (χ3v) is 4.00. The second kappa shape index (κ2) is 6.68. The SMILES string of the molecule is CCNC(=O)c1ccc(NC2CCC(C)CC2C)nn1. The van der Waals surface area contributed by atoms with Crippen molar-refractivity contribution < 1.29 is 4.79 Å². The van der Waals surface area contributed by atoms with Crippen molar-refractivity contribution in [2.45, 2.75) is 46.1 Å². The Kier molecular flexibility index (Phi) is 4.93. The summed E-state index contributed by atoms with van der Waals surface area (Å²) in [6, 6.07) is 4.01. The summed E-state index contributed by atoms with van der Waals surface area (Å²) < 4.78 is 0. The number of aromatic nitrogens is 2.